The summed E-state index contributed by atoms with van der Waals surface area (Å²) in [6.07, 6.45) is 1.13. The Morgan fingerprint density at radius 2 is 2.17 bits per heavy atom. The molecule has 1 unspecified atom stereocenters. The first-order valence-corrected chi connectivity index (χ1v) is 7.22. The van der Waals surface area contributed by atoms with Crippen LogP contribution in [0.15, 0.2) is 22.7 Å². The number of aliphatic hydroxyl groups is 1. The van der Waals surface area contributed by atoms with Gasteiger partial charge < -0.3 is 15.3 Å². The number of likely N-dealkylation sites (N-methyl/N-ethyl adjacent to an activating group) is 1. The number of benzene rings is 1. The molecule has 1 atom stereocenters. The number of aliphatic hydroxyl groups excluding tert-OH is 1. The van der Waals surface area contributed by atoms with Crippen molar-refractivity contribution in [1.82, 2.24) is 5.32 Å². The zero-order valence-corrected chi connectivity index (χ0v) is 13.0. The maximum Gasteiger partial charge on any atom is 0.0632 e. The Labute approximate surface area is 118 Å². The molecular weight excluding hydrogens is 292 g/mol. The smallest absolute Gasteiger partial charge is 0.0632 e. The Hall–Kier alpha value is -0.580. The van der Waals surface area contributed by atoms with Crippen LogP contribution in [0.4, 0.5) is 5.69 Å². The fraction of sp³-hybridized carbons (Fsp3) is 0.571. The van der Waals surface area contributed by atoms with E-state index in [-0.39, 0.29) is 12.6 Å². The number of nitrogens with one attached hydrogen (secondary N) is 1. The first kappa shape index (κ1) is 15.5. The SMILES string of the molecule is CCCNCc1ccc(Br)cc1N(C)C(C)CO. The van der Waals surface area contributed by atoms with Gasteiger partial charge in [-0.1, -0.05) is 28.9 Å². The lowest BCUT2D eigenvalue weighted by Gasteiger charge is -2.28. The summed E-state index contributed by atoms with van der Waals surface area (Å²) in [5, 5.41) is 12.7. The fourth-order valence-corrected chi connectivity index (χ4v) is 2.12. The number of hydrogen-bond acceptors (Lipinski definition) is 3. The van der Waals surface area contributed by atoms with Crippen LogP contribution >= 0.6 is 15.9 Å². The second kappa shape index (κ2) is 7.77. The van der Waals surface area contributed by atoms with Crippen molar-refractivity contribution in [2.24, 2.45) is 0 Å². The molecule has 0 aromatic heterocycles. The minimum atomic E-state index is 0.115. The number of nitrogens with zero attached hydrogens (tertiary/aromatic N) is 1. The summed E-state index contributed by atoms with van der Waals surface area (Å²) < 4.78 is 1.06. The van der Waals surface area contributed by atoms with Crippen molar-refractivity contribution in [3.8, 4) is 0 Å². The van der Waals surface area contributed by atoms with Gasteiger partial charge >= 0.3 is 0 Å². The second-order valence-corrected chi connectivity index (χ2v) is 5.51. The maximum absolute atomic E-state index is 9.27. The molecule has 0 aliphatic carbocycles. The molecule has 0 amide bonds. The minimum Gasteiger partial charge on any atom is -0.394 e. The molecule has 2 N–H and O–H groups in total. The maximum atomic E-state index is 9.27. The predicted octanol–water partition coefficient (Wildman–Crippen LogP) is 2.77. The van der Waals surface area contributed by atoms with Gasteiger partial charge in [0.05, 0.1) is 6.61 Å². The largest absolute Gasteiger partial charge is 0.394 e. The summed E-state index contributed by atoms with van der Waals surface area (Å²) in [7, 11) is 2.02. The molecule has 102 valence electrons. The monoisotopic (exact) mass is 314 g/mol. The third kappa shape index (κ3) is 4.26. The van der Waals surface area contributed by atoms with Crippen molar-refractivity contribution >= 4 is 21.6 Å². The summed E-state index contributed by atoms with van der Waals surface area (Å²) >= 11 is 3.51. The molecule has 0 aliphatic heterocycles. The zero-order valence-electron chi connectivity index (χ0n) is 11.4. The van der Waals surface area contributed by atoms with Gasteiger partial charge in [-0.3, -0.25) is 0 Å². The van der Waals surface area contributed by atoms with Crippen molar-refractivity contribution < 1.29 is 5.11 Å². The lowest BCUT2D eigenvalue weighted by Crippen LogP contribution is -2.33. The summed E-state index contributed by atoms with van der Waals surface area (Å²) in [4.78, 5) is 2.12. The van der Waals surface area contributed by atoms with Gasteiger partial charge in [-0.2, -0.15) is 0 Å². The average Bonchev–Trinajstić information content (AvgIpc) is 2.38. The van der Waals surface area contributed by atoms with Crippen LogP contribution in [0, 0.1) is 0 Å². The van der Waals surface area contributed by atoms with Crippen molar-refractivity contribution in [3.05, 3.63) is 28.2 Å². The van der Waals surface area contributed by atoms with Gasteiger partial charge in [0, 0.05) is 29.8 Å². The Morgan fingerprint density at radius 3 is 2.78 bits per heavy atom. The third-order valence-corrected chi connectivity index (χ3v) is 3.59. The molecule has 1 rings (SSSR count). The fourth-order valence-electron chi connectivity index (χ4n) is 1.77. The van der Waals surface area contributed by atoms with Gasteiger partial charge in [0.25, 0.3) is 0 Å². The highest BCUT2D eigenvalue weighted by Gasteiger charge is 2.13. The predicted molar refractivity (Wildman–Crippen MR) is 81.1 cm³/mol. The van der Waals surface area contributed by atoms with Gasteiger partial charge in [0.15, 0.2) is 0 Å². The van der Waals surface area contributed by atoms with Crippen LogP contribution in [-0.4, -0.2) is 31.3 Å². The molecule has 0 bridgehead atoms. The van der Waals surface area contributed by atoms with Crippen molar-refractivity contribution in [2.75, 3.05) is 25.1 Å². The molecule has 18 heavy (non-hydrogen) atoms. The van der Waals surface area contributed by atoms with Crippen molar-refractivity contribution in [3.63, 3.8) is 0 Å². The first-order valence-electron chi connectivity index (χ1n) is 6.43. The molecule has 4 heteroatoms. The Morgan fingerprint density at radius 1 is 1.44 bits per heavy atom. The molecular formula is C14H23BrN2O. The topological polar surface area (TPSA) is 35.5 Å². The normalized spacial score (nSPS) is 12.5. The van der Waals surface area contributed by atoms with Gasteiger partial charge in [-0.25, -0.2) is 0 Å². The zero-order chi connectivity index (χ0) is 13.5. The summed E-state index contributed by atoms with van der Waals surface area (Å²) in [5.41, 5.74) is 2.42. The van der Waals surface area contributed by atoms with Crippen LogP contribution in [0.3, 0.4) is 0 Å². The molecule has 0 fully saturated rings. The number of hydrogen-bond donors (Lipinski definition) is 2. The molecule has 0 saturated heterocycles. The first-order chi connectivity index (χ1) is 8.60. The molecule has 0 saturated carbocycles. The van der Waals surface area contributed by atoms with Gasteiger partial charge in [-0.05, 0) is 37.6 Å². The van der Waals surface area contributed by atoms with Crippen LogP contribution in [0.1, 0.15) is 25.8 Å². The van der Waals surface area contributed by atoms with E-state index in [4.69, 9.17) is 0 Å². The summed E-state index contributed by atoms with van der Waals surface area (Å²) in [6, 6.07) is 6.41. The van der Waals surface area contributed by atoms with Crippen LogP contribution in [0.2, 0.25) is 0 Å². The number of anilines is 1. The summed E-state index contributed by atoms with van der Waals surface area (Å²) in [6.45, 7) is 6.22. The third-order valence-electron chi connectivity index (χ3n) is 3.09. The van der Waals surface area contributed by atoms with Gasteiger partial charge in [0.2, 0.25) is 0 Å². The average molecular weight is 315 g/mol. The van der Waals surface area contributed by atoms with E-state index in [1.807, 2.05) is 14.0 Å². The van der Waals surface area contributed by atoms with Crippen molar-refractivity contribution in [1.29, 1.82) is 0 Å². The minimum absolute atomic E-state index is 0.115. The van der Waals surface area contributed by atoms with Crippen molar-refractivity contribution in [2.45, 2.75) is 32.9 Å². The van der Waals surface area contributed by atoms with Crippen LogP contribution in [0.25, 0.3) is 0 Å². The molecule has 0 aliphatic rings. The molecule has 1 aromatic carbocycles. The Bertz CT molecular complexity index is 371. The molecule has 3 nitrogen and oxygen atoms in total. The van der Waals surface area contributed by atoms with E-state index in [2.05, 4.69) is 51.3 Å². The highest BCUT2D eigenvalue weighted by molar-refractivity contribution is 9.10. The van der Waals surface area contributed by atoms with E-state index < -0.39 is 0 Å². The highest BCUT2D eigenvalue weighted by Crippen LogP contribution is 2.25. The molecule has 0 spiro atoms. The molecule has 1 aromatic rings. The second-order valence-electron chi connectivity index (χ2n) is 4.59. The van der Waals surface area contributed by atoms with E-state index in [1.54, 1.807) is 0 Å². The van der Waals surface area contributed by atoms with E-state index in [0.717, 1.165) is 29.7 Å². The Balaban J connectivity index is 2.88. The molecule has 0 heterocycles. The van der Waals surface area contributed by atoms with Gasteiger partial charge in [-0.15, -0.1) is 0 Å². The number of halogens is 1. The van der Waals surface area contributed by atoms with Gasteiger partial charge in [0.1, 0.15) is 0 Å². The van der Waals surface area contributed by atoms with E-state index >= 15 is 0 Å². The quantitative estimate of drug-likeness (QED) is 0.760. The standard InChI is InChI=1S/C14H23BrN2O/c1-4-7-16-9-12-5-6-13(15)8-14(12)17(3)11(2)10-18/h5-6,8,11,16,18H,4,7,9-10H2,1-3H3. The summed E-state index contributed by atoms with van der Waals surface area (Å²) in [5.74, 6) is 0. The molecule has 0 radical (unpaired) electrons. The van der Waals surface area contributed by atoms with E-state index in [1.165, 1.54) is 5.56 Å². The lowest BCUT2D eigenvalue weighted by molar-refractivity contribution is 0.270. The highest BCUT2D eigenvalue weighted by atomic mass is 79.9. The van der Waals surface area contributed by atoms with E-state index in [9.17, 15) is 5.11 Å². The lowest BCUT2D eigenvalue weighted by atomic mass is 10.1. The Kier molecular flexibility index (Phi) is 6.68. The number of rotatable bonds is 7. The van der Waals surface area contributed by atoms with E-state index in [0.29, 0.717) is 0 Å². The van der Waals surface area contributed by atoms with Crippen LogP contribution < -0.4 is 10.2 Å². The van der Waals surface area contributed by atoms with Crippen LogP contribution in [0.5, 0.6) is 0 Å². The van der Waals surface area contributed by atoms with Crippen LogP contribution in [-0.2, 0) is 6.54 Å².